The molecule has 0 saturated carbocycles. The minimum absolute atomic E-state index is 0.0375. The zero-order valence-electron chi connectivity index (χ0n) is 15.5. The number of ketones is 1. The number of thiophene rings is 1. The van der Waals surface area contributed by atoms with Gasteiger partial charge in [-0.05, 0) is 36.6 Å². The summed E-state index contributed by atoms with van der Waals surface area (Å²) in [7, 11) is 0. The molecule has 0 radical (unpaired) electrons. The molecule has 3 heterocycles. The molecule has 148 valence electrons. The van der Waals surface area contributed by atoms with Crippen LogP contribution in [0, 0.1) is 0 Å². The van der Waals surface area contributed by atoms with Crippen LogP contribution in [0.3, 0.4) is 0 Å². The number of anilines is 1. The van der Waals surface area contributed by atoms with E-state index in [-0.39, 0.29) is 23.9 Å². The van der Waals surface area contributed by atoms with Crippen molar-refractivity contribution in [3.8, 4) is 5.75 Å². The Kier molecular flexibility index (Phi) is 5.25. The molecule has 0 bridgehead atoms. The molecule has 4 rings (SSSR count). The van der Waals surface area contributed by atoms with Crippen LogP contribution in [0.2, 0.25) is 0 Å². The second kappa shape index (κ2) is 7.84. The third-order valence-electron chi connectivity index (χ3n) is 4.41. The average molecular weight is 428 g/mol. The number of aromatic nitrogens is 2. The Balaban J connectivity index is 1.63. The summed E-state index contributed by atoms with van der Waals surface area (Å²) in [6.45, 7) is 5.75. The zero-order valence-corrected chi connectivity index (χ0v) is 17.1. The van der Waals surface area contributed by atoms with Crippen LogP contribution in [0.15, 0.2) is 52.3 Å². The molecule has 1 atom stereocenters. The summed E-state index contributed by atoms with van der Waals surface area (Å²) < 4.78 is 6.86. The van der Waals surface area contributed by atoms with Gasteiger partial charge in [0.1, 0.15) is 10.6 Å². The summed E-state index contributed by atoms with van der Waals surface area (Å²) in [4.78, 5) is 42.5. The van der Waals surface area contributed by atoms with Crippen molar-refractivity contribution in [2.24, 2.45) is 0 Å². The number of nitrogens with one attached hydrogen (secondary N) is 1. The van der Waals surface area contributed by atoms with Crippen LogP contribution in [0.1, 0.15) is 17.3 Å². The first-order valence-electron chi connectivity index (χ1n) is 8.84. The number of hydrogen-bond donors (Lipinski definition) is 1. The summed E-state index contributed by atoms with van der Waals surface area (Å²) in [5, 5.41) is 5.07. The first-order valence-corrected chi connectivity index (χ1v) is 10.6. The van der Waals surface area contributed by atoms with Crippen LogP contribution in [0.25, 0.3) is 10.2 Å². The Morgan fingerprint density at radius 2 is 2.28 bits per heavy atom. The number of benzene rings is 1. The van der Waals surface area contributed by atoms with Crippen LogP contribution >= 0.6 is 23.1 Å². The highest BCUT2D eigenvalue weighted by atomic mass is 32.2. The van der Waals surface area contributed by atoms with Gasteiger partial charge in [0, 0.05) is 12.1 Å². The van der Waals surface area contributed by atoms with Crippen molar-refractivity contribution in [1.82, 2.24) is 9.55 Å². The van der Waals surface area contributed by atoms with Crippen LogP contribution in [0.4, 0.5) is 5.69 Å². The van der Waals surface area contributed by atoms with E-state index in [1.807, 2.05) is 5.38 Å². The molecule has 3 aromatic rings. The van der Waals surface area contributed by atoms with Crippen LogP contribution < -0.4 is 15.6 Å². The van der Waals surface area contributed by atoms with E-state index in [2.05, 4.69) is 16.9 Å². The molecule has 1 aromatic carbocycles. The SMILES string of the molecule is C=CCn1c(S[C@@H](C)C(=O)c2ccc3c(c2)NC(=O)CO3)nc2sccc2c1=O. The van der Waals surface area contributed by atoms with Gasteiger partial charge in [0.05, 0.1) is 16.3 Å². The highest BCUT2D eigenvalue weighted by Crippen LogP contribution is 2.31. The lowest BCUT2D eigenvalue weighted by molar-refractivity contribution is -0.118. The molecule has 1 N–H and O–H groups in total. The Hall–Kier alpha value is -2.91. The molecule has 0 saturated heterocycles. The molecule has 9 heteroatoms. The maximum Gasteiger partial charge on any atom is 0.263 e. The predicted octanol–water partition coefficient (Wildman–Crippen LogP) is 3.34. The number of hydrogen-bond acceptors (Lipinski definition) is 7. The summed E-state index contributed by atoms with van der Waals surface area (Å²) in [6.07, 6.45) is 1.63. The number of nitrogens with zero attached hydrogens (tertiary/aromatic N) is 2. The second-order valence-corrected chi connectivity index (χ2v) is 8.61. The van der Waals surface area contributed by atoms with Gasteiger partial charge >= 0.3 is 0 Å². The van der Waals surface area contributed by atoms with Gasteiger partial charge in [-0.3, -0.25) is 19.0 Å². The van der Waals surface area contributed by atoms with Crippen molar-refractivity contribution in [2.45, 2.75) is 23.9 Å². The number of Topliss-reactive ketones (excluding diaryl/α,β-unsaturated/α-hetero) is 1. The van der Waals surface area contributed by atoms with Gasteiger partial charge in [-0.25, -0.2) is 4.98 Å². The number of carbonyl (C=O) groups excluding carboxylic acids is 2. The fraction of sp³-hybridized carbons (Fsp3) is 0.200. The lowest BCUT2D eigenvalue weighted by atomic mass is 10.1. The standard InChI is InChI=1S/C20H17N3O4S2/c1-3-7-23-19(26)13-6-8-28-18(13)22-20(23)29-11(2)17(25)12-4-5-15-14(9-12)21-16(24)10-27-15/h3-6,8-9,11H,1,7,10H2,2H3,(H,21,24)/t11-/m0/s1. The molecule has 2 aromatic heterocycles. The molecule has 7 nitrogen and oxygen atoms in total. The summed E-state index contributed by atoms with van der Waals surface area (Å²) >= 11 is 2.61. The minimum Gasteiger partial charge on any atom is -0.482 e. The summed E-state index contributed by atoms with van der Waals surface area (Å²) in [5.41, 5.74) is 0.780. The first kappa shape index (κ1) is 19.4. The van der Waals surface area contributed by atoms with E-state index in [0.29, 0.717) is 38.9 Å². The number of amides is 1. The highest BCUT2D eigenvalue weighted by molar-refractivity contribution is 8.00. The van der Waals surface area contributed by atoms with E-state index in [0.717, 1.165) is 0 Å². The van der Waals surface area contributed by atoms with Gasteiger partial charge < -0.3 is 10.1 Å². The van der Waals surface area contributed by atoms with Crippen molar-refractivity contribution in [3.63, 3.8) is 0 Å². The van der Waals surface area contributed by atoms with Crippen molar-refractivity contribution in [3.05, 3.63) is 58.2 Å². The monoisotopic (exact) mass is 427 g/mol. The van der Waals surface area contributed by atoms with Gasteiger partial charge in [-0.15, -0.1) is 17.9 Å². The maximum absolute atomic E-state index is 13.0. The minimum atomic E-state index is -0.492. The second-order valence-electron chi connectivity index (χ2n) is 6.41. The van der Waals surface area contributed by atoms with E-state index in [4.69, 9.17) is 4.74 Å². The normalized spacial score (nSPS) is 14.0. The van der Waals surface area contributed by atoms with E-state index in [9.17, 15) is 14.4 Å². The molecule has 0 fully saturated rings. The van der Waals surface area contributed by atoms with Gasteiger partial charge in [-0.1, -0.05) is 17.8 Å². The molecule has 29 heavy (non-hydrogen) atoms. The molecular formula is C20H17N3O4S2. The molecule has 0 aliphatic carbocycles. The number of carbonyl (C=O) groups is 2. The Labute approximate surface area is 174 Å². The molecular weight excluding hydrogens is 410 g/mol. The topological polar surface area (TPSA) is 90.3 Å². The molecule has 0 unspecified atom stereocenters. The van der Waals surface area contributed by atoms with E-state index >= 15 is 0 Å². The number of thioether (sulfide) groups is 1. The van der Waals surface area contributed by atoms with E-state index < -0.39 is 5.25 Å². The quantitative estimate of drug-likeness (QED) is 0.281. The summed E-state index contributed by atoms with van der Waals surface area (Å²) in [6, 6.07) is 6.70. The van der Waals surface area contributed by atoms with E-state index in [1.165, 1.54) is 27.7 Å². The highest BCUT2D eigenvalue weighted by Gasteiger charge is 2.23. The predicted molar refractivity (Wildman–Crippen MR) is 114 cm³/mol. The molecule has 1 aliphatic rings. The summed E-state index contributed by atoms with van der Waals surface area (Å²) in [5.74, 6) is 0.140. The zero-order chi connectivity index (χ0) is 20.5. The van der Waals surface area contributed by atoms with Gasteiger partial charge in [-0.2, -0.15) is 0 Å². The lowest BCUT2D eigenvalue weighted by Gasteiger charge is -2.19. The van der Waals surface area contributed by atoms with Crippen molar-refractivity contribution in [2.75, 3.05) is 11.9 Å². The van der Waals surface area contributed by atoms with Crippen LogP contribution in [-0.2, 0) is 11.3 Å². The largest absolute Gasteiger partial charge is 0.482 e. The van der Waals surface area contributed by atoms with Crippen molar-refractivity contribution in [1.29, 1.82) is 0 Å². The number of allylic oxidation sites excluding steroid dienone is 1. The maximum atomic E-state index is 13.0. The number of ether oxygens (including phenoxy) is 1. The number of fused-ring (bicyclic) bond motifs is 2. The fourth-order valence-electron chi connectivity index (χ4n) is 2.99. The first-order chi connectivity index (χ1) is 14.0. The van der Waals surface area contributed by atoms with E-state index in [1.54, 1.807) is 37.3 Å². The molecule has 1 amide bonds. The molecule has 0 spiro atoms. The van der Waals surface area contributed by atoms with Crippen molar-refractivity contribution >= 4 is 50.7 Å². The Bertz CT molecular complexity index is 1200. The van der Waals surface area contributed by atoms with Gasteiger partial charge in [0.2, 0.25) is 0 Å². The van der Waals surface area contributed by atoms with Crippen LogP contribution in [-0.4, -0.2) is 33.1 Å². The van der Waals surface area contributed by atoms with Gasteiger partial charge in [0.25, 0.3) is 11.5 Å². The Morgan fingerprint density at radius 3 is 3.07 bits per heavy atom. The van der Waals surface area contributed by atoms with Crippen molar-refractivity contribution < 1.29 is 14.3 Å². The third-order valence-corrected chi connectivity index (χ3v) is 6.31. The lowest BCUT2D eigenvalue weighted by Crippen LogP contribution is -2.26. The third kappa shape index (κ3) is 3.70. The van der Waals surface area contributed by atoms with Gasteiger partial charge in [0.15, 0.2) is 17.5 Å². The average Bonchev–Trinajstić information content (AvgIpc) is 3.18. The van der Waals surface area contributed by atoms with Crippen LogP contribution in [0.5, 0.6) is 5.75 Å². The fourth-order valence-corrected chi connectivity index (χ4v) is 4.79. The Morgan fingerprint density at radius 1 is 1.45 bits per heavy atom. The number of rotatable bonds is 6. The smallest absolute Gasteiger partial charge is 0.263 e. The molecule has 1 aliphatic heterocycles.